The third-order valence-electron chi connectivity index (χ3n) is 3.47. The zero-order valence-corrected chi connectivity index (χ0v) is 11.2. The lowest BCUT2D eigenvalue weighted by Gasteiger charge is -2.27. The van der Waals surface area contributed by atoms with Crippen LogP contribution in [0.3, 0.4) is 0 Å². The minimum absolute atomic E-state index is 0.0430. The van der Waals surface area contributed by atoms with Crippen LogP contribution < -0.4 is 11.1 Å². The summed E-state index contributed by atoms with van der Waals surface area (Å²) in [6.45, 7) is 6.28. The molecule has 0 saturated heterocycles. The monoisotopic (exact) mass is 242 g/mol. The van der Waals surface area contributed by atoms with Gasteiger partial charge in [0.05, 0.1) is 4.99 Å². The van der Waals surface area contributed by atoms with Crippen LogP contribution in [0.2, 0.25) is 0 Å². The molecular formula is C12H22N2OS. The molecule has 0 aromatic heterocycles. The van der Waals surface area contributed by atoms with Gasteiger partial charge in [-0.1, -0.05) is 32.5 Å². The predicted molar refractivity (Wildman–Crippen MR) is 70.1 cm³/mol. The topological polar surface area (TPSA) is 55.1 Å². The lowest BCUT2D eigenvalue weighted by molar-refractivity contribution is -0.128. The Balaban J connectivity index is 2.49. The quantitative estimate of drug-likeness (QED) is 0.741. The normalized spacial score (nSPS) is 25.1. The van der Waals surface area contributed by atoms with Crippen molar-refractivity contribution in [3.63, 3.8) is 0 Å². The van der Waals surface area contributed by atoms with Crippen LogP contribution in [0.4, 0.5) is 0 Å². The molecule has 2 atom stereocenters. The summed E-state index contributed by atoms with van der Waals surface area (Å²) in [5, 5.41) is 3.00. The van der Waals surface area contributed by atoms with E-state index in [0.29, 0.717) is 11.4 Å². The zero-order chi connectivity index (χ0) is 12.3. The highest BCUT2D eigenvalue weighted by Gasteiger charge is 2.39. The van der Waals surface area contributed by atoms with Crippen molar-refractivity contribution in [1.82, 2.24) is 5.32 Å². The Morgan fingerprint density at radius 3 is 2.69 bits per heavy atom. The van der Waals surface area contributed by atoms with E-state index >= 15 is 0 Å². The van der Waals surface area contributed by atoms with Gasteiger partial charge in [0.1, 0.15) is 0 Å². The molecule has 1 saturated carbocycles. The van der Waals surface area contributed by atoms with E-state index in [4.69, 9.17) is 18.0 Å². The summed E-state index contributed by atoms with van der Waals surface area (Å²) in [6.07, 6.45) is 3.86. The van der Waals surface area contributed by atoms with Gasteiger partial charge in [-0.2, -0.15) is 0 Å². The van der Waals surface area contributed by atoms with Crippen LogP contribution in [0.25, 0.3) is 0 Å². The fraction of sp³-hybridized carbons (Fsp3) is 0.833. The Morgan fingerprint density at radius 2 is 2.25 bits per heavy atom. The van der Waals surface area contributed by atoms with E-state index in [9.17, 15) is 4.79 Å². The first-order chi connectivity index (χ1) is 7.33. The van der Waals surface area contributed by atoms with Crippen molar-refractivity contribution >= 4 is 23.1 Å². The SMILES string of the molecule is CC(CC(N)=S)NC(=O)C1CCCC1(C)C. The van der Waals surface area contributed by atoms with Gasteiger partial charge < -0.3 is 11.1 Å². The van der Waals surface area contributed by atoms with E-state index in [1.54, 1.807) is 0 Å². The maximum absolute atomic E-state index is 12.1. The van der Waals surface area contributed by atoms with Crippen LogP contribution in [-0.4, -0.2) is 16.9 Å². The number of amides is 1. The molecule has 1 fully saturated rings. The molecule has 1 aliphatic carbocycles. The molecule has 0 bridgehead atoms. The summed E-state index contributed by atoms with van der Waals surface area (Å²) >= 11 is 4.83. The molecule has 0 aromatic carbocycles. The van der Waals surface area contributed by atoms with E-state index in [1.165, 1.54) is 0 Å². The van der Waals surface area contributed by atoms with Crippen molar-refractivity contribution in [2.75, 3.05) is 0 Å². The van der Waals surface area contributed by atoms with Crippen molar-refractivity contribution in [3.05, 3.63) is 0 Å². The zero-order valence-electron chi connectivity index (χ0n) is 10.4. The highest BCUT2D eigenvalue weighted by atomic mass is 32.1. The number of hydrogen-bond donors (Lipinski definition) is 2. The van der Waals surface area contributed by atoms with Crippen LogP contribution in [-0.2, 0) is 4.79 Å². The molecule has 0 aliphatic heterocycles. The lowest BCUT2D eigenvalue weighted by atomic mass is 9.81. The number of nitrogens with one attached hydrogen (secondary N) is 1. The summed E-state index contributed by atoms with van der Waals surface area (Å²) in [5.41, 5.74) is 5.59. The summed E-state index contributed by atoms with van der Waals surface area (Å²) in [5.74, 6) is 0.299. The van der Waals surface area contributed by atoms with Crippen molar-refractivity contribution in [3.8, 4) is 0 Å². The van der Waals surface area contributed by atoms with E-state index in [2.05, 4.69) is 19.2 Å². The van der Waals surface area contributed by atoms with Gasteiger partial charge >= 0.3 is 0 Å². The second-order valence-corrected chi connectivity index (χ2v) is 6.04. The smallest absolute Gasteiger partial charge is 0.223 e. The number of carbonyl (C=O) groups is 1. The Hall–Kier alpha value is -0.640. The third kappa shape index (κ3) is 3.44. The Morgan fingerprint density at radius 1 is 1.62 bits per heavy atom. The number of nitrogens with two attached hydrogens (primary N) is 1. The maximum atomic E-state index is 12.1. The van der Waals surface area contributed by atoms with Crippen LogP contribution >= 0.6 is 12.2 Å². The minimum atomic E-state index is 0.0430. The molecule has 16 heavy (non-hydrogen) atoms. The highest BCUT2D eigenvalue weighted by Crippen LogP contribution is 2.42. The van der Waals surface area contributed by atoms with E-state index in [1.807, 2.05) is 6.92 Å². The Kier molecular flexibility index (Phi) is 4.30. The summed E-state index contributed by atoms with van der Waals surface area (Å²) in [6, 6.07) is 0.0430. The van der Waals surface area contributed by atoms with Gasteiger partial charge in [-0.3, -0.25) is 4.79 Å². The molecular weight excluding hydrogens is 220 g/mol. The molecule has 1 rings (SSSR count). The molecule has 1 amide bonds. The van der Waals surface area contributed by atoms with Gasteiger partial charge in [0, 0.05) is 18.4 Å². The summed E-state index contributed by atoms with van der Waals surface area (Å²) in [7, 11) is 0. The fourth-order valence-electron chi connectivity index (χ4n) is 2.51. The predicted octanol–water partition coefficient (Wildman–Crippen LogP) is 1.99. The molecule has 4 heteroatoms. The van der Waals surface area contributed by atoms with E-state index in [-0.39, 0.29) is 23.3 Å². The largest absolute Gasteiger partial charge is 0.393 e. The second-order valence-electron chi connectivity index (χ2n) is 5.51. The average molecular weight is 242 g/mol. The van der Waals surface area contributed by atoms with Gasteiger partial charge in [-0.05, 0) is 25.2 Å². The average Bonchev–Trinajstić information content (AvgIpc) is 2.43. The number of hydrogen-bond acceptors (Lipinski definition) is 2. The number of thiocarbonyl (C=S) groups is 1. The van der Waals surface area contributed by atoms with Crippen LogP contribution in [0.1, 0.15) is 46.5 Å². The standard InChI is InChI=1S/C12H22N2OS/c1-8(7-10(13)16)14-11(15)9-5-4-6-12(9,2)3/h8-9H,4-7H2,1-3H3,(H2,13,16)(H,14,15). The minimum Gasteiger partial charge on any atom is -0.393 e. The van der Waals surface area contributed by atoms with Crippen molar-refractivity contribution in [2.24, 2.45) is 17.1 Å². The summed E-state index contributed by atoms with van der Waals surface area (Å²) in [4.78, 5) is 12.5. The molecule has 0 aromatic rings. The fourth-order valence-corrected chi connectivity index (χ4v) is 2.76. The molecule has 3 nitrogen and oxygen atoms in total. The van der Waals surface area contributed by atoms with Crippen molar-refractivity contribution < 1.29 is 4.79 Å². The third-order valence-corrected chi connectivity index (χ3v) is 3.64. The molecule has 0 spiro atoms. The Labute approximate surface area is 103 Å². The molecule has 3 N–H and O–H groups in total. The number of carbonyl (C=O) groups excluding carboxylic acids is 1. The molecule has 0 heterocycles. The summed E-state index contributed by atoms with van der Waals surface area (Å²) < 4.78 is 0. The molecule has 1 aliphatic rings. The van der Waals surface area contributed by atoms with Gasteiger partial charge in [0.2, 0.25) is 5.91 Å². The van der Waals surface area contributed by atoms with Crippen molar-refractivity contribution in [2.45, 2.75) is 52.5 Å². The maximum Gasteiger partial charge on any atom is 0.223 e. The van der Waals surface area contributed by atoms with E-state index in [0.717, 1.165) is 19.3 Å². The molecule has 0 radical (unpaired) electrons. The van der Waals surface area contributed by atoms with Crippen LogP contribution in [0.5, 0.6) is 0 Å². The first-order valence-corrected chi connectivity index (χ1v) is 6.32. The van der Waals surface area contributed by atoms with Gasteiger partial charge in [-0.15, -0.1) is 0 Å². The first kappa shape index (κ1) is 13.4. The molecule has 2 unspecified atom stereocenters. The van der Waals surface area contributed by atoms with Gasteiger partial charge in [0.15, 0.2) is 0 Å². The first-order valence-electron chi connectivity index (χ1n) is 5.91. The van der Waals surface area contributed by atoms with Crippen LogP contribution in [0, 0.1) is 11.3 Å². The van der Waals surface area contributed by atoms with Gasteiger partial charge in [-0.25, -0.2) is 0 Å². The lowest BCUT2D eigenvalue weighted by Crippen LogP contribution is -2.42. The van der Waals surface area contributed by atoms with Crippen molar-refractivity contribution in [1.29, 1.82) is 0 Å². The second kappa shape index (κ2) is 5.13. The van der Waals surface area contributed by atoms with Crippen LogP contribution in [0.15, 0.2) is 0 Å². The highest BCUT2D eigenvalue weighted by molar-refractivity contribution is 7.80. The Bertz CT molecular complexity index is 289. The van der Waals surface area contributed by atoms with Gasteiger partial charge in [0.25, 0.3) is 0 Å². The van der Waals surface area contributed by atoms with E-state index < -0.39 is 0 Å². The molecule has 92 valence electrons. The number of rotatable bonds is 4.